The van der Waals surface area contributed by atoms with E-state index in [9.17, 15) is 9.59 Å². The number of carbonyl (C=O) groups is 2. The van der Waals surface area contributed by atoms with Crippen molar-refractivity contribution in [2.24, 2.45) is 0 Å². The van der Waals surface area contributed by atoms with Crippen molar-refractivity contribution >= 4 is 11.9 Å². The van der Waals surface area contributed by atoms with Crippen molar-refractivity contribution < 1.29 is 14.7 Å². The molecule has 1 N–H and O–H groups in total. The Hall–Kier alpha value is -2.17. The van der Waals surface area contributed by atoms with Gasteiger partial charge in [-0.15, -0.1) is 6.58 Å². The highest BCUT2D eigenvalue weighted by Crippen LogP contribution is 2.07. The fourth-order valence-electron chi connectivity index (χ4n) is 1.46. The first-order valence-electron chi connectivity index (χ1n) is 5.58. The van der Waals surface area contributed by atoms with Gasteiger partial charge in [-0.1, -0.05) is 6.08 Å². The Bertz CT molecular complexity index is 452. The van der Waals surface area contributed by atoms with E-state index < -0.39 is 5.97 Å². The van der Waals surface area contributed by atoms with E-state index in [0.29, 0.717) is 6.54 Å². The Balaban J connectivity index is 2.94. The monoisotopic (exact) mass is 248 g/mol. The maximum atomic E-state index is 12.1. The number of hydrogen-bond acceptors (Lipinski definition) is 3. The maximum Gasteiger partial charge on any atom is 0.337 e. The van der Waals surface area contributed by atoms with Gasteiger partial charge in [-0.05, 0) is 26.0 Å². The molecule has 0 atom stereocenters. The van der Waals surface area contributed by atoms with Crippen LogP contribution >= 0.6 is 0 Å². The first kappa shape index (κ1) is 13.9. The standard InChI is InChI=1S/C13H16N2O3/c1-4-7-15(9(2)3)12(16)11-6-5-10(8-14-11)13(17)18/h4-6,8-9H,1,7H2,2-3H3,(H,17,18). The molecule has 0 aliphatic carbocycles. The van der Waals surface area contributed by atoms with Gasteiger partial charge < -0.3 is 10.0 Å². The summed E-state index contributed by atoms with van der Waals surface area (Å²) < 4.78 is 0. The molecule has 0 aliphatic rings. The molecule has 1 aromatic heterocycles. The summed E-state index contributed by atoms with van der Waals surface area (Å²) in [6.45, 7) is 7.83. The lowest BCUT2D eigenvalue weighted by atomic mass is 10.2. The summed E-state index contributed by atoms with van der Waals surface area (Å²) in [5.74, 6) is -1.30. The number of carboxylic acid groups (broad SMARTS) is 1. The lowest BCUT2D eigenvalue weighted by molar-refractivity contribution is 0.0689. The fraction of sp³-hybridized carbons (Fsp3) is 0.308. The second-order valence-electron chi connectivity index (χ2n) is 4.08. The number of amides is 1. The van der Waals surface area contributed by atoms with Gasteiger partial charge in [0.05, 0.1) is 5.56 Å². The molecule has 0 fully saturated rings. The zero-order valence-corrected chi connectivity index (χ0v) is 10.5. The van der Waals surface area contributed by atoms with Gasteiger partial charge in [0.25, 0.3) is 5.91 Å². The second-order valence-corrected chi connectivity index (χ2v) is 4.08. The molecule has 0 spiro atoms. The molecular weight excluding hydrogens is 232 g/mol. The molecule has 1 heterocycles. The van der Waals surface area contributed by atoms with Crippen LogP contribution in [0.2, 0.25) is 0 Å². The highest BCUT2D eigenvalue weighted by Gasteiger charge is 2.18. The normalized spacial score (nSPS) is 10.2. The maximum absolute atomic E-state index is 12.1. The molecule has 1 amide bonds. The molecule has 5 heteroatoms. The van der Waals surface area contributed by atoms with E-state index in [1.807, 2.05) is 13.8 Å². The third-order valence-electron chi connectivity index (χ3n) is 2.44. The predicted molar refractivity (Wildman–Crippen MR) is 67.6 cm³/mol. The van der Waals surface area contributed by atoms with E-state index in [4.69, 9.17) is 5.11 Å². The average Bonchev–Trinajstić information content (AvgIpc) is 2.35. The largest absolute Gasteiger partial charge is 0.478 e. The fourth-order valence-corrected chi connectivity index (χ4v) is 1.46. The molecule has 0 aromatic carbocycles. The van der Waals surface area contributed by atoms with Crippen LogP contribution in [0.3, 0.4) is 0 Å². The number of carbonyl (C=O) groups excluding carboxylic acids is 1. The molecule has 1 aromatic rings. The third-order valence-corrected chi connectivity index (χ3v) is 2.44. The van der Waals surface area contributed by atoms with E-state index in [1.165, 1.54) is 18.3 Å². The van der Waals surface area contributed by atoms with Crippen LogP contribution in [0.4, 0.5) is 0 Å². The molecule has 1 rings (SSSR count). The Morgan fingerprint density at radius 2 is 2.17 bits per heavy atom. The molecule has 0 unspecified atom stereocenters. The number of nitrogens with zero attached hydrogens (tertiary/aromatic N) is 2. The number of aromatic carboxylic acids is 1. The van der Waals surface area contributed by atoms with Crippen LogP contribution < -0.4 is 0 Å². The van der Waals surface area contributed by atoms with Gasteiger partial charge in [-0.3, -0.25) is 9.78 Å². The summed E-state index contributed by atoms with van der Waals surface area (Å²) in [6, 6.07) is 2.82. The van der Waals surface area contributed by atoms with Gasteiger partial charge in [0, 0.05) is 18.8 Å². The van der Waals surface area contributed by atoms with Gasteiger partial charge in [0.2, 0.25) is 0 Å². The van der Waals surface area contributed by atoms with Crippen molar-refractivity contribution in [1.82, 2.24) is 9.88 Å². The summed E-state index contributed by atoms with van der Waals surface area (Å²) in [5.41, 5.74) is 0.293. The molecule has 0 saturated heterocycles. The minimum atomic E-state index is -1.06. The SMILES string of the molecule is C=CCN(C(=O)c1ccc(C(=O)O)cn1)C(C)C. The van der Waals surface area contributed by atoms with Gasteiger partial charge in [0.15, 0.2) is 0 Å². The summed E-state index contributed by atoms with van der Waals surface area (Å²) >= 11 is 0. The molecular formula is C13H16N2O3. The lowest BCUT2D eigenvalue weighted by Crippen LogP contribution is -2.37. The lowest BCUT2D eigenvalue weighted by Gasteiger charge is -2.24. The number of aromatic nitrogens is 1. The Labute approximate surface area is 106 Å². The predicted octanol–water partition coefficient (Wildman–Crippen LogP) is 1.82. The van der Waals surface area contributed by atoms with Crippen molar-refractivity contribution in [3.05, 3.63) is 42.2 Å². The van der Waals surface area contributed by atoms with Gasteiger partial charge >= 0.3 is 5.97 Å². The van der Waals surface area contributed by atoms with E-state index in [-0.39, 0.29) is 23.2 Å². The zero-order chi connectivity index (χ0) is 13.7. The molecule has 0 bridgehead atoms. The van der Waals surface area contributed by atoms with Crippen LogP contribution in [0, 0.1) is 0 Å². The highest BCUT2D eigenvalue weighted by molar-refractivity contribution is 5.94. The molecule has 0 aliphatic heterocycles. The summed E-state index contributed by atoms with van der Waals surface area (Å²) in [7, 11) is 0. The van der Waals surface area contributed by atoms with Gasteiger partial charge in [-0.25, -0.2) is 4.79 Å². The van der Waals surface area contributed by atoms with Crippen molar-refractivity contribution in [3.63, 3.8) is 0 Å². The number of carboxylic acids is 1. The van der Waals surface area contributed by atoms with E-state index >= 15 is 0 Å². The van der Waals surface area contributed by atoms with E-state index in [1.54, 1.807) is 11.0 Å². The first-order chi connectivity index (χ1) is 8.47. The third kappa shape index (κ3) is 3.16. The average molecular weight is 248 g/mol. The van der Waals surface area contributed by atoms with Gasteiger partial charge in [0.1, 0.15) is 5.69 Å². The van der Waals surface area contributed by atoms with Crippen molar-refractivity contribution in [1.29, 1.82) is 0 Å². The smallest absolute Gasteiger partial charge is 0.337 e. The summed E-state index contributed by atoms with van der Waals surface area (Å²) in [6.07, 6.45) is 2.82. The topological polar surface area (TPSA) is 70.5 Å². The van der Waals surface area contributed by atoms with Crippen molar-refractivity contribution in [3.8, 4) is 0 Å². The minimum absolute atomic E-state index is 0.0245. The number of hydrogen-bond donors (Lipinski definition) is 1. The molecule has 18 heavy (non-hydrogen) atoms. The minimum Gasteiger partial charge on any atom is -0.478 e. The molecule has 0 radical (unpaired) electrons. The van der Waals surface area contributed by atoms with Crippen LogP contribution in [-0.2, 0) is 0 Å². The molecule has 5 nitrogen and oxygen atoms in total. The van der Waals surface area contributed by atoms with Crippen LogP contribution in [0.15, 0.2) is 31.0 Å². The molecule has 96 valence electrons. The van der Waals surface area contributed by atoms with Gasteiger partial charge in [-0.2, -0.15) is 0 Å². The van der Waals surface area contributed by atoms with E-state index in [0.717, 1.165) is 0 Å². The highest BCUT2D eigenvalue weighted by atomic mass is 16.4. The molecule has 0 saturated carbocycles. The van der Waals surface area contributed by atoms with Crippen LogP contribution in [0.25, 0.3) is 0 Å². The second kappa shape index (κ2) is 5.95. The van der Waals surface area contributed by atoms with Crippen molar-refractivity contribution in [2.45, 2.75) is 19.9 Å². The van der Waals surface area contributed by atoms with Crippen molar-refractivity contribution in [2.75, 3.05) is 6.54 Å². The Morgan fingerprint density at radius 3 is 2.56 bits per heavy atom. The number of pyridine rings is 1. The van der Waals surface area contributed by atoms with E-state index in [2.05, 4.69) is 11.6 Å². The Morgan fingerprint density at radius 1 is 1.50 bits per heavy atom. The van der Waals surface area contributed by atoms with Crippen LogP contribution in [0.5, 0.6) is 0 Å². The Kier molecular flexibility index (Phi) is 4.59. The van der Waals surface area contributed by atoms with Crippen LogP contribution in [0.1, 0.15) is 34.7 Å². The quantitative estimate of drug-likeness (QED) is 0.807. The zero-order valence-electron chi connectivity index (χ0n) is 10.5. The number of rotatable bonds is 5. The first-order valence-corrected chi connectivity index (χ1v) is 5.58. The van der Waals surface area contributed by atoms with Crippen LogP contribution in [-0.4, -0.2) is 39.5 Å². The summed E-state index contributed by atoms with van der Waals surface area (Å²) in [4.78, 5) is 28.3. The summed E-state index contributed by atoms with van der Waals surface area (Å²) in [5, 5.41) is 8.75.